The highest BCUT2D eigenvalue weighted by Crippen LogP contribution is 2.21. The van der Waals surface area contributed by atoms with Crippen molar-refractivity contribution in [1.29, 1.82) is 0 Å². The zero-order chi connectivity index (χ0) is 13.0. The van der Waals surface area contributed by atoms with Crippen LogP contribution in [0.2, 0.25) is 0 Å². The van der Waals surface area contributed by atoms with Gasteiger partial charge in [0.15, 0.2) is 6.08 Å². The molecular formula is C9H13BrN4O3S. The molecule has 1 aromatic rings. The molecule has 2 rings (SSSR count). The Balaban J connectivity index is 2.15. The van der Waals surface area contributed by atoms with E-state index in [0.717, 1.165) is 24.6 Å². The molecule has 0 amide bonds. The molecule has 1 fully saturated rings. The number of nitrogens with zero attached hydrogens (tertiary/aromatic N) is 4. The average Bonchev–Trinajstić information content (AvgIpc) is 2.72. The van der Waals surface area contributed by atoms with Gasteiger partial charge >= 0.3 is 10.5 Å². The maximum absolute atomic E-state index is 11.2. The smallest absolute Gasteiger partial charge is 0.374 e. The first kappa shape index (κ1) is 13.5. The third kappa shape index (κ3) is 3.08. The maximum atomic E-state index is 11.2. The van der Waals surface area contributed by atoms with Gasteiger partial charge in [-0.1, -0.05) is 6.92 Å². The van der Waals surface area contributed by atoms with Gasteiger partial charge in [0.1, 0.15) is 0 Å². The monoisotopic (exact) mass is 336 g/mol. The summed E-state index contributed by atoms with van der Waals surface area (Å²) in [6.07, 6.45) is -0.685. The minimum Gasteiger partial charge on any atom is -0.600 e. The van der Waals surface area contributed by atoms with Gasteiger partial charge in [-0.15, -0.1) is 0 Å². The molecule has 0 aliphatic carbocycles. The van der Waals surface area contributed by atoms with E-state index in [-0.39, 0.29) is 12.5 Å². The Morgan fingerprint density at radius 3 is 3.06 bits per heavy atom. The predicted octanol–water partition coefficient (Wildman–Crippen LogP) is -0.206. The number of halogens is 1. The average molecular weight is 337 g/mol. The van der Waals surface area contributed by atoms with Crippen molar-refractivity contribution in [3.8, 4) is 0 Å². The Morgan fingerprint density at radius 2 is 2.39 bits per heavy atom. The van der Waals surface area contributed by atoms with Crippen LogP contribution in [0.15, 0.2) is 14.1 Å². The number of aliphatic imine (C=N–C) groups is 1. The number of aromatic nitrogens is 2. The van der Waals surface area contributed by atoms with Crippen LogP contribution in [-0.4, -0.2) is 42.6 Å². The Hall–Kier alpha value is -0.960. The molecule has 0 bridgehead atoms. The van der Waals surface area contributed by atoms with Crippen molar-refractivity contribution in [2.24, 2.45) is 4.99 Å². The lowest BCUT2D eigenvalue weighted by molar-refractivity contribution is -0.767. The van der Waals surface area contributed by atoms with Crippen LogP contribution >= 0.6 is 27.7 Å². The Morgan fingerprint density at radius 1 is 1.67 bits per heavy atom. The SMILES string of the molecule is CCOC([O-])=Nc1on[n+](N2CCSCC2)c1Br. The van der Waals surface area contributed by atoms with Crippen molar-refractivity contribution < 1.29 is 19.2 Å². The molecule has 0 unspecified atom stereocenters. The van der Waals surface area contributed by atoms with Crippen LogP contribution in [-0.2, 0) is 4.74 Å². The van der Waals surface area contributed by atoms with Crippen LogP contribution in [0.25, 0.3) is 0 Å². The molecule has 1 aliphatic rings. The van der Waals surface area contributed by atoms with Crippen molar-refractivity contribution in [1.82, 2.24) is 5.27 Å². The van der Waals surface area contributed by atoms with E-state index in [1.807, 2.05) is 16.8 Å². The van der Waals surface area contributed by atoms with E-state index in [0.29, 0.717) is 4.60 Å². The number of hydrogen-bond acceptors (Lipinski definition) is 7. The number of ether oxygens (including phenoxy) is 1. The van der Waals surface area contributed by atoms with Crippen LogP contribution in [0.4, 0.5) is 5.88 Å². The van der Waals surface area contributed by atoms with Crippen molar-refractivity contribution >= 4 is 39.7 Å². The fourth-order valence-electron chi connectivity index (χ4n) is 1.46. The molecular weight excluding hydrogens is 324 g/mol. The first-order valence-corrected chi connectivity index (χ1v) is 7.46. The van der Waals surface area contributed by atoms with Gasteiger partial charge < -0.3 is 9.84 Å². The molecule has 0 aromatic carbocycles. The Bertz CT molecular complexity index is 433. The van der Waals surface area contributed by atoms with E-state index < -0.39 is 6.08 Å². The minimum absolute atomic E-state index is 0.117. The summed E-state index contributed by atoms with van der Waals surface area (Å²) in [6.45, 7) is 3.74. The molecule has 0 spiro atoms. The van der Waals surface area contributed by atoms with Gasteiger partial charge in [-0.2, -0.15) is 21.8 Å². The van der Waals surface area contributed by atoms with Gasteiger partial charge in [0.2, 0.25) is 5.27 Å². The predicted molar refractivity (Wildman–Crippen MR) is 68.4 cm³/mol. The third-order valence-corrected chi connectivity index (χ3v) is 3.87. The second-order valence-corrected chi connectivity index (χ2v) is 5.41. The van der Waals surface area contributed by atoms with Gasteiger partial charge in [0.05, 0.1) is 17.9 Å². The second-order valence-electron chi connectivity index (χ2n) is 3.44. The fraction of sp³-hybridized carbons (Fsp3) is 0.667. The van der Waals surface area contributed by atoms with Crippen molar-refractivity contribution in [3.63, 3.8) is 0 Å². The normalized spacial score (nSPS) is 17.0. The first-order valence-electron chi connectivity index (χ1n) is 5.51. The molecule has 9 heteroatoms. The number of rotatable bonds is 3. The molecule has 7 nitrogen and oxygen atoms in total. The molecule has 0 saturated carbocycles. The first-order chi connectivity index (χ1) is 8.72. The van der Waals surface area contributed by atoms with E-state index in [9.17, 15) is 5.11 Å². The zero-order valence-corrected chi connectivity index (χ0v) is 12.2. The lowest BCUT2D eigenvalue weighted by Crippen LogP contribution is -2.62. The van der Waals surface area contributed by atoms with Gasteiger partial charge in [-0.05, 0) is 6.61 Å². The molecule has 100 valence electrons. The lowest BCUT2D eigenvalue weighted by Gasteiger charge is -2.18. The largest absolute Gasteiger partial charge is 0.600 e. The lowest BCUT2D eigenvalue weighted by atomic mass is 10.6. The van der Waals surface area contributed by atoms with E-state index in [1.165, 1.54) is 0 Å². The molecule has 2 heterocycles. The van der Waals surface area contributed by atoms with Crippen LogP contribution in [0.5, 0.6) is 0 Å². The highest BCUT2D eigenvalue weighted by molar-refractivity contribution is 9.10. The van der Waals surface area contributed by atoms with Gasteiger partial charge in [-0.25, -0.2) is 0 Å². The highest BCUT2D eigenvalue weighted by atomic mass is 79.9. The molecule has 0 N–H and O–H groups in total. The zero-order valence-electron chi connectivity index (χ0n) is 9.84. The molecule has 1 aliphatic heterocycles. The second kappa shape index (κ2) is 6.28. The summed E-state index contributed by atoms with van der Waals surface area (Å²) >= 11 is 5.22. The van der Waals surface area contributed by atoms with Crippen LogP contribution in [0.3, 0.4) is 0 Å². The highest BCUT2D eigenvalue weighted by Gasteiger charge is 2.29. The fourth-order valence-corrected chi connectivity index (χ4v) is 2.79. The summed E-state index contributed by atoms with van der Waals surface area (Å²) in [5.74, 6) is 2.19. The number of thioether (sulfide) groups is 1. The minimum atomic E-state index is -0.685. The molecule has 0 radical (unpaired) electrons. The summed E-state index contributed by atoms with van der Waals surface area (Å²) < 4.78 is 10.2. The molecule has 1 saturated heterocycles. The summed E-state index contributed by atoms with van der Waals surface area (Å²) in [5.41, 5.74) is 0. The van der Waals surface area contributed by atoms with E-state index in [2.05, 4.69) is 26.2 Å². The summed E-state index contributed by atoms with van der Waals surface area (Å²) in [4.78, 5) is 5.26. The van der Waals surface area contributed by atoms with Crippen molar-refractivity contribution in [3.05, 3.63) is 4.60 Å². The summed E-state index contributed by atoms with van der Waals surface area (Å²) in [7, 11) is 0. The standard InChI is InChI=1S/C9H13BrN4O3S/c1-2-16-9(15)11-8-7(10)14(12-17-8)13-3-5-18-6-4-13/h2-6H2,1H3. The van der Waals surface area contributed by atoms with Crippen LogP contribution in [0.1, 0.15) is 6.92 Å². The molecule has 18 heavy (non-hydrogen) atoms. The van der Waals surface area contributed by atoms with Crippen molar-refractivity contribution in [2.75, 3.05) is 36.2 Å². The topological polar surface area (TPSA) is 77.8 Å². The van der Waals surface area contributed by atoms with Crippen molar-refractivity contribution in [2.45, 2.75) is 6.92 Å². The van der Waals surface area contributed by atoms with Gasteiger partial charge in [0, 0.05) is 27.4 Å². The van der Waals surface area contributed by atoms with E-state index >= 15 is 0 Å². The molecule has 1 aromatic heterocycles. The van der Waals surface area contributed by atoms with E-state index in [4.69, 9.17) is 9.26 Å². The van der Waals surface area contributed by atoms with Gasteiger partial charge in [-0.3, -0.25) is 4.52 Å². The molecule has 0 atom stereocenters. The third-order valence-electron chi connectivity index (χ3n) is 2.27. The Kier molecular flexibility index (Phi) is 4.70. The van der Waals surface area contributed by atoms with Crippen LogP contribution in [0, 0.1) is 0 Å². The van der Waals surface area contributed by atoms with E-state index in [1.54, 1.807) is 11.7 Å². The van der Waals surface area contributed by atoms with Gasteiger partial charge in [0.25, 0.3) is 0 Å². The number of hydrogen-bond donors (Lipinski definition) is 0. The summed E-state index contributed by atoms with van der Waals surface area (Å²) in [5, 5.41) is 17.1. The maximum Gasteiger partial charge on any atom is 0.374 e. The Labute approximate surface area is 117 Å². The quantitative estimate of drug-likeness (QED) is 0.432. The van der Waals surface area contributed by atoms with Crippen LogP contribution < -0.4 is 14.9 Å². The summed E-state index contributed by atoms with van der Waals surface area (Å²) in [6, 6.07) is 0.